The van der Waals surface area contributed by atoms with E-state index in [0.717, 1.165) is 22.6 Å². The van der Waals surface area contributed by atoms with Crippen molar-refractivity contribution in [3.63, 3.8) is 0 Å². The Balaban J connectivity index is 1.98. The van der Waals surface area contributed by atoms with Gasteiger partial charge < -0.3 is 5.32 Å². The van der Waals surface area contributed by atoms with Crippen LogP contribution in [0.25, 0.3) is 0 Å². The largest absolute Gasteiger partial charge is 0.343 e. The van der Waals surface area contributed by atoms with Crippen LogP contribution in [-0.2, 0) is 6.42 Å². The average Bonchev–Trinajstić information content (AvgIpc) is 2.64. The number of hydrogen-bond donors (Lipinski definition) is 1. The van der Waals surface area contributed by atoms with Gasteiger partial charge in [-0.2, -0.15) is 0 Å². The van der Waals surface area contributed by atoms with Crippen LogP contribution in [0.3, 0.4) is 0 Å². The second-order valence-corrected chi connectivity index (χ2v) is 6.82. The van der Waals surface area contributed by atoms with Crippen LogP contribution in [0.15, 0.2) is 64.8 Å². The van der Waals surface area contributed by atoms with Crippen molar-refractivity contribution in [3.8, 4) is 0 Å². The summed E-state index contributed by atoms with van der Waals surface area (Å²) in [6.07, 6.45) is 2.12. The van der Waals surface area contributed by atoms with E-state index in [-0.39, 0.29) is 16.5 Å². The first-order chi connectivity index (χ1) is 12.6. The van der Waals surface area contributed by atoms with E-state index in [0.29, 0.717) is 5.02 Å². The molecule has 8 heteroatoms. The van der Waals surface area contributed by atoms with Crippen LogP contribution >= 0.6 is 23.4 Å². The maximum absolute atomic E-state index is 11.7. The van der Waals surface area contributed by atoms with Crippen molar-refractivity contribution in [1.29, 1.82) is 0 Å². The molecule has 0 amide bonds. The van der Waals surface area contributed by atoms with Crippen molar-refractivity contribution in [2.45, 2.75) is 23.3 Å². The van der Waals surface area contributed by atoms with Gasteiger partial charge in [-0.05, 0) is 42.3 Å². The number of nitrogens with one attached hydrogen (secondary N) is 1. The fraction of sp³-hybridized carbons (Fsp3) is 0.111. The van der Waals surface area contributed by atoms with Gasteiger partial charge in [0.05, 0.1) is 4.92 Å². The first-order valence-corrected chi connectivity index (χ1v) is 9.05. The molecule has 1 N–H and O–H groups in total. The molecule has 0 spiro atoms. The van der Waals surface area contributed by atoms with E-state index in [1.807, 2.05) is 31.2 Å². The molecule has 0 aliphatic heterocycles. The molecular formula is C18H15ClN4O2S. The molecule has 0 atom stereocenters. The Morgan fingerprint density at radius 3 is 2.58 bits per heavy atom. The standard InChI is InChI=1S/C18H15ClN4O2S/c1-2-12-5-3-4-6-15(12)22-17-16(23(24)25)18(21-11-20-17)26-14-9-7-13(19)8-10-14/h3-11H,2H2,1H3,(H,20,21,22). The molecule has 0 saturated heterocycles. The Bertz CT molecular complexity index is 935. The Labute approximate surface area is 159 Å². The maximum Gasteiger partial charge on any atom is 0.343 e. The molecule has 0 aliphatic rings. The van der Waals surface area contributed by atoms with Gasteiger partial charge in [-0.1, -0.05) is 48.5 Å². The van der Waals surface area contributed by atoms with Crippen molar-refractivity contribution in [3.05, 3.63) is 75.6 Å². The summed E-state index contributed by atoms with van der Waals surface area (Å²) < 4.78 is 0. The van der Waals surface area contributed by atoms with Crippen LogP contribution in [0.5, 0.6) is 0 Å². The fourth-order valence-corrected chi connectivity index (χ4v) is 3.37. The van der Waals surface area contributed by atoms with Crippen LogP contribution in [0, 0.1) is 10.1 Å². The van der Waals surface area contributed by atoms with Crippen molar-refractivity contribution < 1.29 is 4.92 Å². The number of nitro groups is 1. The molecule has 1 aromatic heterocycles. The van der Waals surface area contributed by atoms with E-state index in [1.165, 1.54) is 18.1 Å². The summed E-state index contributed by atoms with van der Waals surface area (Å²) in [7, 11) is 0. The molecule has 0 radical (unpaired) electrons. The van der Waals surface area contributed by atoms with Crippen molar-refractivity contribution >= 4 is 40.6 Å². The van der Waals surface area contributed by atoms with Crippen LogP contribution < -0.4 is 5.32 Å². The third-order valence-electron chi connectivity index (χ3n) is 3.65. The minimum absolute atomic E-state index is 0.154. The molecule has 0 saturated carbocycles. The molecule has 0 bridgehead atoms. The van der Waals surface area contributed by atoms with Gasteiger partial charge in [0.25, 0.3) is 0 Å². The average molecular weight is 387 g/mol. The maximum atomic E-state index is 11.7. The third-order valence-corrected chi connectivity index (χ3v) is 4.90. The Kier molecular flexibility index (Phi) is 5.70. The third kappa shape index (κ3) is 4.12. The van der Waals surface area contributed by atoms with Crippen LogP contribution in [0.4, 0.5) is 17.2 Å². The number of rotatable bonds is 6. The number of aromatic nitrogens is 2. The highest BCUT2D eigenvalue weighted by atomic mass is 35.5. The second-order valence-electron chi connectivity index (χ2n) is 5.32. The number of para-hydroxylation sites is 1. The van der Waals surface area contributed by atoms with Crippen LogP contribution in [-0.4, -0.2) is 14.9 Å². The summed E-state index contributed by atoms with van der Waals surface area (Å²) in [5.74, 6) is 0.169. The summed E-state index contributed by atoms with van der Waals surface area (Å²) in [4.78, 5) is 20.2. The zero-order valence-electron chi connectivity index (χ0n) is 13.8. The quantitative estimate of drug-likeness (QED) is 0.342. The smallest absolute Gasteiger partial charge is 0.334 e. The summed E-state index contributed by atoms with van der Waals surface area (Å²) in [6, 6.07) is 14.7. The van der Waals surface area contributed by atoms with Crippen LogP contribution in [0.1, 0.15) is 12.5 Å². The number of aryl methyl sites for hydroxylation is 1. The summed E-state index contributed by atoms with van der Waals surface area (Å²) >= 11 is 7.08. The topological polar surface area (TPSA) is 81.0 Å². The highest BCUT2D eigenvalue weighted by Gasteiger charge is 2.24. The minimum atomic E-state index is -0.463. The first-order valence-electron chi connectivity index (χ1n) is 7.86. The number of hydrogen-bond acceptors (Lipinski definition) is 6. The molecule has 2 aromatic carbocycles. The molecule has 0 unspecified atom stereocenters. The lowest BCUT2D eigenvalue weighted by molar-refractivity contribution is -0.387. The van der Waals surface area contributed by atoms with Gasteiger partial charge in [0, 0.05) is 15.6 Å². The van der Waals surface area contributed by atoms with Crippen molar-refractivity contribution in [2.75, 3.05) is 5.32 Å². The zero-order valence-corrected chi connectivity index (χ0v) is 15.4. The van der Waals surface area contributed by atoms with Crippen molar-refractivity contribution in [2.24, 2.45) is 0 Å². The fourth-order valence-electron chi connectivity index (χ4n) is 2.39. The SMILES string of the molecule is CCc1ccccc1Nc1ncnc(Sc2ccc(Cl)cc2)c1[N+](=O)[O-]. The first kappa shape index (κ1) is 18.2. The predicted octanol–water partition coefficient (Wildman–Crippen LogP) is 5.50. The predicted molar refractivity (Wildman–Crippen MR) is 103 cm³/mol. The molecule has 1 heterocycles. The molecule has 6 nitrogen and oxygen atoms in total. The van der Waals surface area contributed by atoms with E-state index in [1.54, 1.807) is 24.3 Å². The van der Waals surface area contributed by atoms with Gasteiger partial charge in [-0.15, -0.1) is 0 Å². The number of anilines is 2. The number of nitrogens with zero attached hydrogens (tertiary/aromatic N) is 3. The molecular weight excluding hydrogens is 372 g/mol. The van der Waals surface area contributed by atoms with E-state index in [2.05, 4.69) is 15.3 Å². The van der Waals surface area contributed by atoms with Gasteiger partial charge in [-0.25, -0.2) is 9.97 Å². The lowest BCUT2D eigenvalue weighted by atomic mass is 10.1. The zero-order chi connectivity index (χ0) is 18.5. The Hall–Kier alpha value is -2.64. The van der Waals surface area contributed by atoms with Gasteiger partial charge in [-0.3, -0.25) is 10.1 Å². The lowest BCUT2D eigenvalue weighted by Crippen LogP contribution is -2.04. The monoisotopic (exact) mass is 386 g/mol. The molecule has 132 valence electrons. The molecule has 0 aliphatic carbocycles. The highest BCUT2D eigenvalue weighted by molar-refractivity contribution is 7.99. The summed E-state index contributed by atoms with van der Waals surface area (Å²) in [6.45, 7) is 2.02. The summed E-state index contributed by atoms with van der Waals surface area (Å²) in [5.41, 5.74) is 1.69. The van der Waals surface area contributed by atoms with E-state index in [4.69, 9.17) is 11.6 Å². The normalized spacial score (nSPS) is 10.5. The highest BCUT2D eigenvalue weighted by Crippen LogP contribution is 2.38. The Morgan fingerprint density at radius 1 is 1.15 bits per heavy atom. The number of benzene rings is 2. The van der Waals surface area contributed by atoms with Crippen molar-refractivity contribution in [1.82, 2.24) is 9.97 Å². The van der Waals surface area contributed by atoms with E-state index in [9.17, 15) is 10.1 Å². The van der Waals surface area contributed by atoms with Crippen LogP contribution in [0.2, 0.25) is 5.02 Å². The molecule has 3 aromatic rings. The lowest BCUT2D eigenvalue weighted by Gasteiger charge is -2.11. The number of halogens is 1. The Morgan fingerprint density at radius 2 is 1.88 bits per heavy atom. The molecule has 0 fully saturated rings. The van der Waals surface area contributed by atoms with Gasteiger partial charge >= 0.3 is 5.69 Å². The minimum Gasteiger partial charge on any atom is -0.334 e. The van der Waals surface area contributed by atoms with E-state index >= 15 is 0 Å². The van der Waals surface area contributed by atoms with Gasteiger partial charge in [0.15, 0.2) is 5.03 Å². The molecule has 3 rings (SSSR count). The van der Waals surface area contributed by atoms with E-state index < -0.39 is 4.92 Å². The second kappa shape index (κ2) is 8.16. The van der Waals surface area contributed by atoms with Gasteiger partial charge in [0.1, 0.15) is 6.33 Å². The summed E-state index contributed by atoms with van der Waals surface area (Å²) in [5, 5.41) is 15.6. The molecule has 26 heavy (non-hydrogen) atoms. The van der Waals surface area contributed by atoms with Gasteiger partial charge in [0.2, 0.25) is 5.82 Å².